The van der Waals surface area contributed by atoms with Crippen LogP contribution in [0.3, 0.4) is 0 Å². The number of carbonyl (C=O) groups excluding carboxylic acids is 1. The lowest BCUT2D eigenvalue weighted by Gasteiger charge is -2.37. The predicted molar refractivity (Wildman–Crippen MR) is 95.4 cm³/mol. The second-order valence-electron chi connectivity index (χ2n) is 7.25. The molecule has 2 aromatic rings. The van der Waals surface area contributed by atoms with Crippen LogP contribution in [0.2, 0.25) is 0 Å². The van der Waals surface area contributed by atoms with Crippen molar-refractivity contribution in [3.05, 3.63) is 34.5 Å². The minimum atomic E-state index is -0.229. The van der Waals surface area contributed by atoms with Crippen molar-refractivity contribution >= 4 is 5.91 Å². The first kappa shape index (κ1) is 17.7. The molecular weight excluding hydrogens is 316 g/mol. The third-order valence-corrected chi connectivity index (χ3v) is 5.29. The van der Waals surface area contributed by atoms with Gasteiger partial charge in [0.2, 0.25) is 5.91 Å². The van der Waals surface area contributed by atoms with Crippen molar-refractivity contribution in [2.75, 3.05) is 6.54 Å². The molecule has 0 radical (unpaired) electrons. The molecule has 2 unspecified atom stereocenters. The molecule has 0 aliphatic carbocycles. The van der Waals surface area contributed by atoms with Gasteiger partial charge in [0.25, 0.3) is 0 Å². The number of rotatable bonds is 4. The summed E-state index contributed by atoms with van der Waals surface area (Å²) in [5.41, 5.74) is 3.91. The van der Waals surface area contributed by atoms with Crippen LogP contribution in [-0.4, -0.2) is 38.3 Å². The molecule has 0 N–H and O–H groups in total. The molecule has 1 fully saturated rings. The Morgan fingerprint density at radius 3 is 2.68 bits per heavy atom. The second-order valence-corrected chi connectivity index (χ2v) is 7.25. The third kappa shape index (κ3) is 3.48. The lowest BCUT2D eigenvalue weighted by Crippen LogP contribution is -2.47. The summed E-state index contributed by atoms with van der Waals surface area (Å²) in [5.74, 6) is 0.679. The van der Waals surface area contributed by atoms with E-state index in [-0.39, 0.29) is 17.9 Å². The van der Waals surface area contributed by atoms with Crippen LogP contribution in [0.5, 0.6) is 0 Å². The van der Waals surface area contributed by atoms with E-state index in [4.69, 9.17) is 4.52 Å². The largest absolute Gasteiger partial charge is 0.361 e. The molecule has 25 heavy (non-hydrogen) atoms. The molecule has 1 aliphatic heterocycles. The Kier molecular flexibility index (Phi) is 4.97. The van der Waals surface area contributed by atoms with Crippen molar-refractivity contribution in [1.82, 2.24) is 19.8 Å². The van der Waals surface area contributed by atoms with Gasteiger partial charge in [0.15, 0.2) is 0 Å². The zero-order valence-electron chi connectivity index (χ0n) is 15.9. The van der Waals surface area contributed by atoms with Gasteiger partial charge < -0.3 is 9.42 Å². The zero-order chi connectivity index (χ0) is 18.1. The first-order valence-corrected chi connectivity index (χ1v) is 9.12. The number of aromatic nitrogens is 3. The van der Waals surface area contributed by atoms with Crippen molar-refractivity contribution in [2.24, 2.45) is 0 Å². The summed E-state index contributed by atoms with van der Waals surface area (Å²) in [4.78, 5) is 15.3. The molecule has 1 saturated heterocycles. The molecule has 0 spiro atoms. The lowest BCUT2D eigenvalue weighted by molar-refractivity contribution is -0.136. The van der Waals surface area contributed by atoms with Gasteiger partial charge >= 0.3 is 0 Å². The molecule has 1 amide bonds. The first-order chi connectivity index (χ1) is 11.9. The number of hydrogen-bond acceptors (Lipinski definition) is 4. The van der Waals surface area contributed by atoms with Crippen LogP contribution in [0, 0.1) is 27.7 Å². The number of nitrogens with zero attached hydrogens (tertiary/aromatic N) is 4. The quantitative estimate of drug-likeness (QED) is 0.854. The van der Waals surface area contributed by atoms with Gasteiger partial charge in [-0.2, -0.15) is 5.10 Å². The van der Waals surface area contributed by atoms with Crippen LogP contribution >= 0.6 is 0 Å². The van der Waals surface area contributed by atoms with Crippen LogP contribution in [0.15, 0.2) is 10.6 Å². The van der Waals surface area contributed by atoms with Gasteiger partial charge in [0.1, 0.15) is 5.76 Å². The summed E-state index contributed by atoms with van der Waals surface area (Å²) in [6.45, 7) is 11.4. The average molecular weight is 344 g/mol. The first-order valence-electron chi connectivity index (χ1n) is 9.12. The van der Waals surface area contributed by atoms with E-state index >= 15 is 0 Å². The van der Waals surface area contributed by atoms with Crippen molar-refractivity contribution in [2.45, 2.75) is 72.4 Å². The maximum atomic E-state index is 13.2. The second kappa shape index (κ2) is 7.02. The fraction of sp³-hybridized carbons (Fsp3) is 0.632. The van der Waals surface area contributed by atoms with Gasteiger partial charge in [-0.3, -0.25) is 9.48 Å². The van der Waals surface area contributed by atoms with E-state index in [1.54, 1.807) is 0 Å². The Morgan fingerprint density at radius 1 is 1.32 bits per heavy atom. The number of carbonyl (C=O) groups is 1. The Labute approximate surface area is 149 Å². The zero-order valence-corrected chi connectivity index (χ0v) is 15.9. The normalized spacial score (nSPS) is 19.2. The fourth-order valence-corrected chi connectivity index (χ4v) is 4.02. The van der Waals surface area contributed by atoms with Crippen molar-refractivity contribution in [1.29, 1.82) is 0 Å². The van der Waals surface area contributed by atoms with Gasteiger partial charge in [-0.05, 0) is 59.9 Å². The SMILES string of the molecule is Cc1cc(C)n(CC2CCCCN2C(=O)C(C)c2c(C)noc2C)n1. The predicted octanol–water partition coefficient (Wildman–Crippen LogP) is 3.29. The van der Waals surface area contributed by atoms with E-state index < -0.39 is 0 Å². The fourth-order valence-electron chi connectivity index (χ4n) is 4.02. The smallest absolute Gasteiger partial charge is 0.230 e. The van der Waals surface area contributed by atoms with E-state index in [1.165, 1.54) is 0 Å². The molecule has 0 bridgehead atoms. The molecule has 2 aromatic heterocycles. The average Bonchev–Trinajstić information content (AvgIpc) is 3.08. The van der Waals surface area contributed by atoms with E-state index in [0.717, 1.165) is 60.8 Å². The van der Waals surface area contributed by atoms with Crippen LogP contribution < -0.4 is 0 Å². The highest BCUT2D eigenvalue weighted by Crippen LogP contribution is 2.28. The molecule has 3 heterocycles. The molecule has 1 aliphatic rings. The Hall–Kier alpha value is -2.11. The van der Waals surface area contributed by atoms with E-state index in [0.29, 0.717) is 0 Å². The topological polar surface area (TPSA) is 64.2 Å². The van der Waals surface area contributed by atoms with Crippen LogP contribution in [0.4, 0.5) is 0 Å². The maximum Gasteiger partial charge on any atom is 0.230 e. The molecule has 0 saturated carbocycles. The third-order valence-electron chi connectivity index (χ3n) is 5.29. The van der Waals surface area contributed by atoms with Gasteiger partial charge in [-0.15, -0.1) is 0 Å². The van der Waals surface area contributed by atoms with Crippen molar-refractivity contribution in [3.8, 4) is 0 Å². The van der Waals surface area contributed by atoms with Crippen LogP contribution in [0.25, 0.3) is 0 Å². The summed E-state index contributed by atoms with van der Waals surface area (Å²) in [5, 5.41) is 8.58. The number of piperidine rings is 1. The molecule has 6 nitrogen and oxygen atoms in total. The van der Waals surface area contributed by atoms with Gasteiger partial charge in [0.05, 0.1) is 29.9 Å². The maximum absolute atomic E-state index is 13.2. The summed E-state index contributed by atoms with van der Waals surface area (Å²) in [6.07, 6.45) is 3.25. The van der Waals surface area contributed by atoms with Crippen LogP contribution in [0.1, 0.15) is 60.5 Å². The Bertz CT molecular complexity index is 742. The van der Waals surface area contributed by atoms with Crippen molar-refractivity contribution in [3.63, 3.8) is 0 Å². The highest BCUT2D eigenvalue weighted by molar-refractivity contribution is 5.84. The van der Waals surface area contributed by atoms with E-state index in [1.807, 2.05) is 32.4 Å². The van der Waals surface area contributed by atoms with Crippen LogP contribution in [-0.2, 0) is 11.3 Å². The summed E-state index contributed by atoms with van der Waals surface area (Å²) in [7, 11) is 0. The number of aryl methyl sites for hydroxylation is 4. The highest BCUT2D eigenvalue weighted by Gasteiger charge is 2.33. The van der Waals surface area contributed by atoms with E-state index in [2.05, 4.69) is 28.1 Å². The summed E-state index contributed by atoms with van der Waals surface area (Å²) >= 11 is 0. The molecule has 6 heteroatoms. The molecule has 0 aromatic carbocycles. The van der Waals surface area contributed by atoms with Gasteiger partial charge in [0, 0.05) is 17.8 Å². The lowest BCUT2D eigenvalue weighted by atomic mass is 9.94. The number of likely N-dealkylation sites (tertiary alicyclic amines) is 1. The Balaban J connectivity index is 1.80. The highest BCUT2D eigenvalue weighted by atomic mass is 16.5. The van der Waals surface area contributed by atoms with Gasteiger partial charge in [-0.1, -0.05) is 5.16 Å². The minimum absolute atomic E-state index is 0.167. The molecule has 2 atom stereocenters. The van der Waals surface area contributed by atoms with Crippen molar-refractivity contribution < 1.29 is 9.32 Å². The minimum Gasteiger partial charge on any atom is -0.361 e. The number of amides is 1. The summed E-state index contributed by atoms with van der Waals surface area (Å²) in [6, 6.07) is 2.28. The molecule has 136 valence electrons. The Morgan fingerprint density at radius 2 is 2.08 bits per heavy atom. The monoisotopic (exact) mass is 344 g/mol. The standard InChI is InChI=1S/C19H28N4O2/c1-12-10-13(2)23(20-12)11-17-8-6-7-9-22(17)19(24)14(3)18-15(4)21-25-16(18)5/h10,14,17H,6-9,11H2,1-5H3. The molecular formula is C19H28N4O2. The van der Waals surface area contributed by atoms with Gasteiger partial charge in [-0.25, -0.2) is 0 Å². The summed E-state index contributed by atoms with van der Waals surface area (Å²) < 4.78 is 7.29. The van der Waals surface area contributed by atoms with E-state index in [9.17, 15) is 4.79 Å². The molecule has 3 rings (SSSR count). The number of hydrogen-bond donors (Lipinski definition) is 0.